The van der Waals surface area contributed by atoms with Gasteiger partial charge in [0.25, 0.3) is 0 Å². The number of hydrogen-bond donors (Lipinski definition) is 0. The summed E-state index contributed by atoms with van der Waals surface area (Å²) in [6.45, 7) is 0. The predicted molar refractivity (Wildman–Crippen MR) is 150 cm³/mol. The average Bonchev–Trinajstić information content (AvgIpc) is 2.93. The monoisotopic (exact) mass is 448 g/mol. The first-order chi connectivity index (χ1) is 17.4. The van der Waals surface area contributed by atoms with Crippen LogP contribution in [0, 0.1) is 0 Å². The zero-order chi connectivity index (χ0) is 23.5. The van der Waals surface area contributed by atoms with Crippen LogP contribution in [-0.4, -0.2) is 12.4 Å². The van der Waals surface area contributed by atoms with Gasteiger partial charge in [0.15, 0.2) is 6.17 Å². The maximum absolute atomic E-state index is 5.04. The summed E-state index contributed by atoms with van der Waals surface area (Å²) >= 11 is 0. The quantitative estimate of drug-likeness (QED) is 0.237. The van der Waals surface area contributed by atoms with E-state index < -0.39 is 0 Å². The summed E-state index contributed by atoms with van der Waals surface area (Å²) in [6, 6.07) is 44.3. The molecule has 0 unspecified atom stereocenters. The molecule has 6 aromatic carbocycles. The Balaban J connectivity index is 1.47. The van der Waals surface area contributed by atoms with Crippen LogP contribution < -0.4 is 0 Å². The highest BCUT2D eigenvalue weighted by Gasteiger charge is 2.11. The Bertz CT molecular complexity index is 1610. The molecule has 0 fully saturated rings. The lowest BCUT2D eigenvalue weighted by molar-refractivity contribution is 0.795. The van der Waals surface area contributed by atoms with Gasteiger partial charge in [0.1, 0.15) is 0 Å². The minimum Gasteiger partial charge on any atom is -0.261 e. The summed E-state index contributed by atoms with van der Waals surface area (Å²) < 4.78 is 0. The van der Waals surface area contributed by atoms with E-state index in [4.69, 9.17) is 9.98 Å². The molecule has 166 valence electrons. The van der Waals surface area contributed by atoms with Gasteiger partial charge in [-0.25, -0.2) is 0 Å². The Morgan fingerprint density at radius 3 is 1.34 bits per heavy atom. The fourth-order valence-electron chi connectivity index (χ4n) is 4.70. The molecule has 0 aliphatic carbocycles. The van der Waals surface area contributed by atoms with Crippen molar-refractivity contribution in [3.63, 3.8) is 0 Å². The number of hydrogen-bond acceptors (Lipinski definition) is 2. The molecule has 0 aliphatic heterocycles. The van der Waals surface area contributed by atoms with Gasteiger partial charge >= 0.3 is 0 Å². The van der Waals surface area contributed by atoms with Gasteiger partial charge in [0, 0.05) is 29.1 Å². The normalized spacial score (nSPS) is 12.8. The molecule has 0 bridgehead atoms. The van der Waals surface area contributed by atoms with Crippen molar-refractivity contribution in [2.24, 2.45) is 9.98 Å². The fraction of sp³-hybridized carbons (Fsp3) is 0.0303. The number of benzene rings is 6. The topological polar surface area (TPSA) is 24.7 Å². The molecule has 0 saturated carbocycles. The summed E-state index contributed by atoms with van der Waals surface area (Å²) in [5, 5.41) is 7.15. The van der Waals surface area contributed by atoms with Crippen LogP contribution >= 0.6 is 0 Å². The van der Waals surface area contributed by atoms with Gasteiger partial charge < -0.3 is 0 Å². The van der Waals surface area contributed by atoms with Gasteiger partial charge in [-0.05, 0) is 32.3 Å². The van der Waals surface area contributed by atoms with Gasteiger partial charge in [-0.15, -0.1) is 0 Å². The Morgan fingerprint density at radius 1 is 0.400 bits per heavy atom. The van der Waals surface area contributed by atoms with Crippen LogP contribution in [0.4, 0.5) is 0 Å². The van der Waals surface area contributed by atoms with E-state index in [1.54, 1.807) is 0 Å². The van der Waals surface area contributed by atoms with Gasteiger partial charge in [-0.2, -0.15) is 0 Å². The molecule has 0 heterocycles. The smallest absolute Gasteiger partial charge is 0.165 e. The minimum absolute atomic E-state index is 0.362. The molecular weight excluding hydrogens is 424 g/mol. The SMILES string of the molecule is C(=NC(N=Cc1cccc2ccccc12)c1cccc2ccccc12)c1cccc2ccccc12. The van der Waals surface area contributed by atoms with Crippen LogP contribution in [0.15, 0.2) is 137 Å². The second kappa shape index (κ2) is 9.36. The molecule has 6 aromatic rings. The third-order valence-corrected chi connectivity index (χ3v) is 6.46. The highest BCUT2D eigenvalue weighted by Crippen LogP contribution is 2.29. The van der Waals surface area contributed by atoms with E-state index in [2.05, 4.69) is 127 Å². The predicted octanol–water partition coefficient (Wildman–Crippen LogP) is 8.38. The first-order valence-corrected chi connectivity index (χ1v) is 11.9. The van der Waals surface area contributed by atoms with Crippen molar-refractivity contribution in [3.05, 3.63) is 144 Å². The average molecular weight is 449 g/mol. The van der Waals surface area contributed by atoms with E-state index in [-0.39, 0.29) is 6.17 Å². The highest BCUT2D eigenvalue weighted by molar-refractivity contribution is 6.01. The van der Waals surface area contributed by atoms with E-state index in [9.17, 15) is 0 Å². The lowest BCUT2D eigenvalue weighted by atomic mass is 10.0. The van der Waals surface area contributed by atoms with Crippen LogP contribution in [-0.2, 0) is 0 Å². The minimum atomic E-state index is -0.362. The van der Waals surface area contributed by atoms with Crippen molar-refractivity contribution < 1.29 is 0 Å². The second-order valence-electron chi connectivity index (χ2n) is 8.64. The highest BCUT2D eigenvalue weighted by atomic mass is 15.0. The third-order valence-electron chi connectivity index (χ3n) is 6.46. The molecule has 0 radical (unpaired) electrons. The molecule has 2 heteroatoms. The Morgan fingerprint density at radius 2 is 0.800 bits per heavy atom. The van der Waals surface area contributed by atoms with E-state index in [0.717, 1.165) is 16.7 Å². The summed E-state index contributed by atoms with van der Waals surface area (Å²) in [5.74, 6) is 0. The largest absolute Gasteiger partial charge is 0.261 e. The third kappa shape index (κ3) is 4.22. The number of aliphatic imine (C=N–C) groups is 2. The van der Waals surface area contributed by atoms with Crippen LogP contribution in [0.5, 0.6) is 0 Å². The lowest BCUT2D eigenvalue weighted by Gasteiger charge is -2.12. The van der Waals surface area contributed by atoms with Crippen LogP contribution in [0.3, 0.4) is 0 Å². The first-order valence-electron chi connectivity index (χ1n) is 11.9. The van der Waals surface area contributed by atoms with Crippen molar-refractivity contribution in [1.29, 1.82) is 0 Å². The van der Waals surface area contributed by atoms with Crippen molar-refractivity contribution in [3.8, 4) is 0 Å². The summed E-state index contributed by atoms with van der Waals surface area (Å²) in [6.07, 6.45) is 3.57. The molecule has 0 aliphatic rings. The van der Waals surface area contributed by atoms with Crippen molar-refractivity contribution >= 4 is 44.7 Å². The summed E-state index contributed by atoms with van der Waals surface area (Å²) in [5.41, 5.74) is 3.28. The number of nitrogens with zero attached hydrogens (tertiary/aromatic N) is 2. The van der Waals surface area contributed by atoms with Gasteiger partial charge in [-0.1, -0.05) is 127 Å². The first kappa shape index (κ1) is 21.0. The van der Waals surface area contributed by atoms with Gasteiger partial charge in [-0.3, -0.25) is 9.98 Å². The summed E-state index contributed by atoms with van der Waals surface area (Å²) in [4.78, 5) is 10.1. The maximum atomic E-state index is 5.04. The van der Waals surface area contributed by atoms with Crippen LogP contribution in [0.25, 0.3) is 32.3 Å². The molecule has 0 N–H and O–H groups in total. The van der Waals surface area contributed by atoms with Gasteiger partial charge in [0.2, 0.25) is 0 Å². The van der Waals surface area contributed by atoms with Crippen LogP contribution in [0.1, 0.15) is 22.9 Å². The van der Waals surface area contributed by atoms with E-state index in [1.807, 2.05) is 12.4 Å². The molecule has 0 amide bonds. The Hall–Kier alpha value is -4.56. The summed E-state index contributed by atoms with van der Waals surface area (Å²) in [7, 11) is 0. The lowest BCUT2D eigenvalue weighted by Crippen LogP contribution is -1.97. The molecule has 35 heavy (non-hydrogen) atoms. The van der Waals surface area contributed by atoms with E-state index in [0.29, 0.717) is 0 Å². The van der Waals surface area contributed by atoms with Crippen molar-refractivity contribution in [1.82, 2.24) is 0 Å². The van der Waals surface area contributed by atoms with E-state index >= 15 is 0 Å². The second-order valence-corrected chi connectivity index (χ2v) is 8.64. The van der Waals surface area contributed by atoms with Crippen molar-refractivity contribution in [2.75, 3.05) is 0 Å². The Labute approximate surface area is 204 Å². The number of rotatable bonds is 5. The molecule has 0 aromatic heterocycles. The molecule has 6 rings (SSSR count). The molecule has 0 spiro atoms. The van der Waals surface area contributed by atoms with Crippen LogP contribution in [0.2, 0.25) is 0 Å². The molecule has 0 atom stereocenters. The molecule has 0 saturated heterocycles. The molecule has 2 nitrogen and oxygen atoms in total. The Kier molecular flexibility index (Phi) is 5.62. The maximum Gasteiger partial charge on any atom is 0.165 e. The standard InChI is InChI=1S/C33H24N2/c1-4-18-29-24(10-1)13-7-16-27(29)22-34-33(32-21-9-15-26-12-3-6-20-31(26)32)35-23-28-17-8-14-25-11-2-5-19-30(25)28/h1-23,33H. The van der Waals surface area contributed by atoms with E-state index in [1.165, 1.54) is 32.3 Å². The van der Waals surface area contributed by atoms with Gasteiger partial charge in [0.05, 0.1) is 0 Å². The molecular formula is C33H24N2. The van der Waals surface area contributed by atoms with Crippen molar-refractivity contribution in [2.45, 2.75) is 6.17 Å². The zero-order valence-corrected chi connectivity index (χ0v) is 19.3. The fourth-order valence-corrected chi connectivity index (χ4v) is 4.70. The zero-order valence-electron chi connectivity index (χ0n) is 19.3. The number of fused-ring (bicyclic) bond motifs is 3.